The monoisotopic (exact) mass is 259 g/mol. The molecule has 0 atom stereocenters. The lowest BCUT2D eigenvalue weighted by Crippen LogP contribution is -1.96. The van der Waals surface area contributed by atoms with Crippen molar-refractivity contribution in [1.82, 2.24) is 0 Å². The minimum Gasteiger partial charge on any atom is -0.450 e. The smallest absolute Gasteiger partial charge is 0.314 e. The quantitative estimate of drug-likeness (QED) is 0.676. The summed E-state index contributed by atoms with van der Waals surface area (Å²) in [5.41, 5.74) is 1.19. The topological polar surface area (TPSA) is 72.6 Å². The van der Waals surface area contributed by atoms with Crippen LogP contribution in [-0.2, 0) is 6.61 Å². The van der Waals surface area contributed by atoms with Crippen LogP contribution in [0.2, 0.25) is 0 Å². The van der Waals surface area contributed by atoms with Crippen LogP contribution >= 0.6 is 0 Å². The third-order valence-corrected chi connectivity index (χ3v) is 2.69. The van der Waals surface area contributed by atoms with Crippen molar-refractivity contribution in [3.05, 3.63) is 63.7 Å². The van der Waals surface area contributed by atoms with Crippen LogP contribution in [0.15, 0.2) is 42.5 Å². The Balaban J connectivity index is 2.38. The molecule has 1 N–H and O–H groups in total. The Kier molecular flexibility index (Phi) is 3.77. The molecule has 5 heteroatoms. The van der Waals surface area contributed by atoms with E-state index in [9.17, 15) is 10.1 Å². The summed E-state index contributed by atoms with van der Waals surface area (Å²) >= 11 is 0. The molecule has 0 spiro atoms. The summed E-state index contributed by atoms with van der Waals surface area (Å²) in [6.45, 7) is 1.56. The number of hydrogen-bond donors (Lipinski definition) is 1. The standard InChI is InChI=1S/C14H13NO4/c1-10-4-2-7-13(14(10)15(17)18)19-12-6-3-5-11(8-12)9-16/h2-8,16H,9H2,1H3. The first-order valence-corrected chi connectivity index (χ1v) is 5.73. The molecule has 0 amide bonds. The molecule has 2 aromatic carbocycles. The number of benzene rings is 2. The minimum atomic E-state index is -0.458. The largest absolute Gasteiger partial charge is 0.450 e. The first-order chi connectivity index (χ1) is 9.11. The number of aliphatic hydroxyl groups is 1. The van der Waals surface area contributed by atoms with Gasteiger partial charge in [0.05, 0.1) is 11.5 Å². The van der Waals surface area contributed by atoms with E-state index in [1.54, 1.807) is 49.4 Å². The van der Waals surface area contributed by atoms with Gasteiger partial charge in [0.25, 0.3) is 0 Å². The second-order valence-corrected chi connectivity index (χ2v) is 4.09. The Hall–Kier alpha value is -2.40. The summed E-state index contributed by atoms with van der Waals surface area (Å²) in [5, 5.41) is 20.1. The van der Waals surface area contributed by atoms with Crippen LogP contribution in [0.3, 0.4) is 0 Å². The minimum absolute atomic E-state index is 0.0445. The van der Waals surface area contributed by atoms with E-state index in [-0.39, 0.29) is 18.0 Å². The molecule has 0 aliphatic rings. The van der Waals surface area contributed by atoms with Crippen molar-refractivity contribution in [3.8, 4) is 11.5 Å². The Morgan fingerprint density at radius 1 is 1.26 bits per heavy atom. The highest BCUT2D eigenvalue weighted by atomic mass is 16.6. The summed E-state index contributed by atoms with van der Waals surface area (Å²) in [4.78, 5) is 10.6. The van der Waals surface area contributed by atoms with Gasteiger partial charge in [-0.2, -0.15) is 0 Å². The molecule has 19 heavy (non-hydrogen) atoms. The van der Waals surface area contributed by atoms with Gasteiger partial charge in [-0.3, -0.25) is 10.1 Å². The van der Waals surface area contributed by atoms with Crippen molar-refractivity contribution in [3.63, 3.8) is 0 Å². The molecule has 0 fully saturated rings. The fourth-order valence-electron chi connectivity index (χ4n) is 1.78. The van der Waals surface area contributed by atoms with Crippen LogP contribution in [0.5, 0.6) is 11.5 Å². The lowest BCUT2D eigenvalue weighted by atomic mass is 10.2. The van der Waals surface area contributed by atoms with Gasteiger partial charge in [-0.25, -0.2) is 0 Å². The molecule has 98 valence electrons. The van der Waals surface area contributed by atoms with Gasteiger partial charge < -0.3 is 9.84 Å². The molecule has 0 bridgehead atoms. The number of nitro groups is 1. The Labute approximate surface area is 110 Å². The van der Waals surface area contributed by atoms with Crippen molar-refractivity contribution in [1.29, 1.82) is 0 Å². The maximum absolute atomic E-state index is 11.0. The van der Waals surface area contributed by atoms with Crippen molar-refractivity contribution < 1.29 is 14.8 Å². The molecule has 0 aromatic heterocycles. The normalized spacial score (nSPS) is 10.2. The maximum Gasteiger partial charge on any atom is 0.314 e. The van der Waals surface area contributed by atoms with Crippen LogP contribution in [0, 0.1) is 17.0 Å². The number of aryl methyl sites for hydroxylation is 1. The van der Waals surface area contributed by atoms with E-state index in [0.717, 1.165) is 0 Å². The van der Waals surface area contributed by atoms with Gasteiger partial charge in [-0.05, 0) is 30.7 Å². The zero-order chi connectivity index (χ0) is 13.8. The molecule has 0 saturated heterocycles. The number of nitrogens with zero attached hydrogens (tertiary/aromatic N) is 1. The molecule has 0 unspecified atom stereocenters. The van der Waals surface area contributed by atoms with E-state index < -0.39 is 4.92 Å². The third-order valence-electron chi connectivity index (χ3n) is 2.69. The van der Waals surface area contributed by atoms with Gasteiger partial charge >= 0.3 is 5.69 Å². The predicted molar refractivity (Wildman–Crippen MR) is 70.3 cm³/mol. The Bertz CT molecular complexity index is 610. The fraction of sp³-hybridized carbons (Fsp3) is 0.143. The molecule has 2 aromatic rings. The van der Waals surface area contributed by atoms with Crippen molar-refractivity contribution in [2.75, 3.05) is 0 Å². The van der Waals surface area contributed by atoms with Crippen LogP contribution in [0.25, 0.3) is 0 Å². The van der Waals surface area contributed by atoms with E-state index >= 15 is 0 Å². The van der Waals surface area contributed by atoms with E-state index in [1.165, 1.54) is 0 Å². The second-order valence-electron chi connectivity index (χ2n) is 4.09. The van der Waals surface area contributed by atoms with E-state index in [0.29, 0.717) is 16.9 Å². The summed E-state index contributed by atoms with van der Waals surface area (Å²) in [7, 11) is 0. The zero-order valence-corrected chi connectivity index (χ0v) is 10.4. The second kappa shape index (κ2) is 5.49. The van der Waals surface area contributed by atoms with Crippen LogP contribution in [-0.4, -0.2) is 10.0 Å². The molecular formula is C14H13NO4. The predicted octanol–water partition coefficient (Wildman–Crippen LogP) is 3.19. The summed E-state index contributed by atoms with van der Waals surface area (Å²) in [6.07, 6.45) is 0. The SMILES string of the molecule is Cc1cccc(Oc2cccc(CO)c2)c1[N+](=O)[O-]. The Morgan fingerprint density at radius 2 is 2.00 bits per heavy atom. The van der Waals surface area contributed by atoms with Crippen LogP contribution in [0.1, 0.15) is 11.1 Å². The Morgan fingerprint density at radius 3 is 2.68 bits per heavy atom. The molecule has 0 aliphatic heterocycles. The van der Waals surface area contributed by atoms with Gasteiger partial charge in [-0.15, -0.1) is 0 Å². The van der Waals surface area contributed by atoms with E-state index in [2.05, 4.69) is 0 Å². The molecule has 0 aliphatic carbocycles. The lowest BCUT2D eigenvalue weighted by Gasteiger charge is -2.08. The summed E-state index contributed by atoms with van der Waals surface area (Å²) in [5.74, 6) is 0.653. The summed E-state index contributed by atoms with van der Waals surface area (Å²) < 4.78 is 5.54. The molecule has 2 rings (SSSR count). The number of rotatable bonds is 4. The average molecular weight is 259 g/mol. The van der Waals surface area contributed by atoms with Crippen molar-refractivity contribution in [2.45, 2.75) is 13.5 Å². The van der Waals surface area contributed by atoms with Gasteiger partial charge in [-0.1, -0.05) is 24.3 Å². The van der Waals surface area contributed by atoms with Crippen LogP contribution in [0.4, 0.5) is 5.69 Å². The van der Waals surface area contributed by atoms with E-state index in [1.807, 2.05) is 0 Å². The van der Waals surface area contributed by atoms with Gasteiger partial charge in [0.2, 0.25) is 5.75 Å². The van der Waals surface area contributed by atoms with Crippen molar-refractivity contribution >= 4 is 5.69 Å². The third kappa shape index (κ3) is 2.89. The van der Waals surface area contributed by atoms with Crippen molar-refractivity contribution in [2.24, 2.45) is 0 Å². The van der Waals surface area contributed by atoms with E-state index in [4.69, 9.17) is 9.84 Å². The number of aliphatic hydroxyl groups excluding tert-OH is 1. The fourth-order valence-corrected chi connectivity index (χ4v) is 1.78. The first-order valence-electron chi connectivity index (χ1n) is 5.73. The number of para-hydroxylation sites is 1. The van der Waals surface area contributed by atoms with Gasteiger partial charge in [0.15, 0.2) is 0 Å². The average Bonchev–Trinajstić information content (AvgIpc) is 2.38. The number of ether oxygens (including phenoxy) is 1. The zero-order valence-electron chi connectivity index (χ0n) is 10.4. The molecular weight excluding hydrogens is 246 g/mol. The summed E-state index contributed by atoms with van der Waals surface area (Å²) in [6, 6.07) is 11.7. The molecule has 0 saturated carbocycles. The molecule has 5 nitrogen and oxygen atoms in total. The maximum atomic E-state index is 11.0. The highest BCUT2D eigenvalue weighted by Crippen LogP contribution is 2.33. The molecule has 0 radical (unpaired) electrons. The number of hydrogen-bond acceptors (Lipinski definition) is 4. The molecule has 0 heterocycles. The number of nitro benzene ring substituents is 1. The highest BCUT2D eigenvalue weighted by molar-refractivity contribution is 5.53. The van der Waals surface area contributed by atoms with Gasteiger partial charge in [0.1, 0.15) is 5.75 Å². The lowest BCUT2D eigenvalue weighted by molar-refractivity contribution is -0.386. The van der Waals surface area contributed by atoms with Crippen LogP contribution < -0.4 is 4.74 Å². The van der Waals surface area contributed by atoms with Gasteiger partial charge in [0, 0.05) is 5.56 Å². The highest BCUT2D eigenvalue weighted by Gasteiger charge is 2.18. The first kappa shape index (κ1) is 13.0.